The van der Waals surface area contributed by atoms with E-state index in [4.69, 9.17) is 9.84 Å². The number of hydrogen-bond acceptors (Lipinski definition) is 5. The SMILES string of the molecule is CCOC(=O)c1cccc(NC(=O)NC2CC(N(CC)CC(=O)O)C2)c1. The monoisotopic (exact) mass is 363 g/mol. The lowest BCUT2D eigenvalue weighted by atomic mass is 9.85. The minimum absolute atomic E-state index is 0.0103. The molecule has 3 N–H and O–H groups in total. The van der Waals surface area contributed by atoms with E-state index in [0.717, 1.165) is 12.8 Å². The number of benzene rings is 1. The molecule has 1 aliphatic rings. The second-order valence-electron chi connectivity index (χ2n) is 6.18. The number of esters is 1. The van der Waals surface area contributed by atoms with Gasteiger partial charge < -0.3 is 20.5 Å². The van der Waals surface area contributed by atoms with Crippen LogP contribution in [0.2, 0.25) is 0 Å². The second-order valence-corrected chi connectivity index (χ2v) is 6.18. The predicted molar refractivity (Wildman–Crippen MR) is 96.2 cm³/mol. The lowest BCUT2D eigenvalue weighted by molar-refractivity contribution is -0.139. The number of anilines is 1. The number of rotatable bonds is 8. The van der Waals surface area contributed by atoms with Crippen LogP contribution in [0, 0.1) is 0 Å². The van der Waals surface area contributed by atoms with E-state index in [9.17, 15) is 14.4 Å². The lowest BCUT2D eigenvalue weighted by Gasteiger charge is -2.42. The number of carbonyl (C=O) groups is 3. The average molecular weight is 363 g/mol. The zero-order chi connectivity index (χ0) is 19.1. The van der Waals surface area contributed by atoms with Gasteiger partial charge in [-0.25, -0.2) is 9.59 Å². The summed E-state index contributed by atoms with van der Waals surface area (Å²) in [6.07, 6.45) is 1.44. The Morgan fingerprint density at radius 1 is 1.27 bits per heavy atom. The quantitative estimate of drug-likeness (QED) is 0.609. The third kappa shape index (κ3) is 5.45. The number of carbonyl (C=O) groups excluding carboxylic acids is 2. The number of likely N-dealkylation sites (N-methyl/N-ethyl adjacent to an activating group) is 1. The zero-order valence-electron chi connectivity index (χ0n) is 15.0. The third-order valence-corrected chi connectivity index (χ3v) is 4.34. The van der Waals surface area contributed by atoms with Crippen LogP contribution >= 0.6 is 0 Å². The Kier molecular flexibility index (Phi) is 6.97. The maximum Gasteiger partial charge on any atom is 0.338 e. The summed E-state index contributed by atoms with van der Waals surface area (Å²) in [7, 11) is 0. The van der Waals surface area contributed by atoms with Crippen LogP contribution in [0.15, 0.2) is 24.3 Å². The number of ether oxygens (including phenoxy) is 1. The molecule has 2 amide bonds. The fraction of sp³-hybridized carbons (Fsp3) is 0.500. The highest BCUT2D eigenvalue weighted by molar-refractivity contribution is 5.94. The van der Waals surface area contributed by atoms with E-state index in [1.807, 2.05) is 11.8 Å². The molecular formula is C18H25N3O5. The Balaban J connectivity index is 1.81. The van der Waals surface area contributed by atoms with Crippen molar-refractivity contribution in [3.8, 4) is 0 Å². The van der Waals surface area contributed by atoms with Crippen molar-refractivity contribution in [3.05, 3.63) is 29.8 Å². The average Bonchev–Trinajstić information content (AvgIpc) is 2.56. The predicted octanol–water partition coefficient (Wildman–Crippen LogP) is 1.92. The molecule has 0 saturated heterocycles. The van der Waals surface area contributed by atoms with E-state index in [1.54, 1.807) is 31.2 Å². The number of aliphatic carboxylic acids is 1. The second kappa shape index (κ2) is 9.19. The lowest BCUT2D eigenvalue weighted by Crippen LogP contribution is -2.55. The van der Waals surface area contributed by atoms with Crippen LogP contribution in [0.25, 0.3) is 0 Å². The van der Waals surface area contributed by atoms with Crippen molar-refractivity contribution in [3.63, 3.8) is 0 Å². The van der Waals surface area contributed by atoms with E-state index in [1.165, 1.54) is 0 Å². The van der Waals surface area contributed by atoms with E-state index < -0.39 is 11.9 Å². The highest BCUT2D eigenvalue weighted by Gasteiger charge is 2.34. The Morgan fingerprint density at radius 3 is 2.62 bits per heavy atom. The van der Waals surface area contributed by atoms with E-state index >= 15 is 0 Å². The molecule has 0 unspecified atom stereocenters. The van der Waals surface area contributed by atoms with Gasteiger partial charge in [-0.3, -0.25) is 9.69 Å². The first kappa shape index (κ1) is 19.7. The van der Waals surface area contributed by atoms with E-state index in [-0.39, 0.29) is 31.3 Å². The Bertz CT molecular complexity index is 658. The first-order valence-corrected chi connectivity index (χ1v) is 8.73. The van der Waals surface area contributed by atoms with Crippen molar-refractivity contribution < 1.29 is 24.2 Å². The maximum atomic E-state index is 12.1. The van der Waals surface area contributed by atoms with Gasteiger partial charge in [0.05, 0.1) is 18.7 Å². The van der Waals surface area contributed by atoms with Crippen molar-refractivity contribution in [1.82, 2.24) is 10.2 Å². The zero-order valence-corrected chi connectivity index (χ0v) is 15.0. The van der Waals surface area contributed by atoms with Gasteiger partial charge in [0.1, 0.15) is 0 Å². The fourth-order valence-corrected chi connectivity index (χ4v) is 2.97. The summed E-state index contributed by atoms with van der Waals surface area (Å²) >= 11 is 0. The molecule has 142 valence electrons. The van der Waals surface area contributed by atoms with Gasteiger partial charge in [0.15, 0.2) is 0 Å². The molecule has 0 bridgehead atoms. The van der Waals surface area contributed by atoms with Gasteiger partial charge in [0, 0.05) is 17.8 Å². The van der Waals surface area contributed by atoms with Gasteiger partial charge in [0.25, 0.3) is 0 Å². The standard InChI is InChI=1S/C18H25N3O5/c1-3-21(11-16(22)23)15-9-14(10-15)20-18(25)19-13-7-5-6-12(8-13)17(24)26-4-2/h5-8,14-15H,3-4,9-11H2,1-2H3,(H,22,23)(H2,19,20,25). The summed E-state index contributed by atoms with van der Waals surface area (Å²) in [4.78, 5) is 36.6. The van der Waals surface area contributed by atoms with Crippen molar-refractivity contribution >= 4 is 23.7 Å². The number of amides is 2. The maximum absolute atomic E-state index is 12.1. The fourth-order valence-electron chi connectivity index (χ4n) is 2.97. The number of carboxylic acid groups (broad SMARTS) is 1. The van der Waals surface area contributed by atoms with Crippen LogP contribution in [0.4, 0.5) is 10.5 Å². The van der Waals surface area contributed by atoms with Crippen LogP contribution in [0.5, 0.6) is 0 Å². The Hall–Kier alpha value is -2.61. The Labute approximate surface area is 152 Å². The van der Waals surface area contributed by atoms with Crippen LogP contribution in [-0.2, 0) is 9.53 Å². The summed E-state index contributed by atoms with van der Waals surface area (Å²) in [5, 5.41) is 14.5. The van der Waals surface area contributed by atoms with Crippen molar-refractivity contribution in [2.45, 2.75) is 38.8 Å². The molecule has 0 heterocycles. The first-order valence-electron chi connectivity index (χ1n) is 8.73. The van der Waals surface area contributed by atoms with Gasteiger partial charge in [-0.1, -0.05) is 13.0 Å². The Morgan fingerprint density at radius 2 is 2.00 bits per heavy atom. The third-order valence-electron chi connectivity index (χ3n) is 4.34. The molecule has 0 atom stereocenters. The number of nitrogens with zero attached hydrogens (tertiary/aromatic N) is 1. The normalized spacial score (nSPS) is 18.7. The van der Waals surface area contributed by atoms with E-state index in [2.05, 4.69) is 10.6 Å². The molecule has 0 spiro atoms. The topological polar surface area (TPSA) is 108 Å². The minimum atomic E-state index is -0.845. The molecule has 8 nitrogen and oxygen atoms in total. The van der Waals surface area contributed by atoms with Crippen LogP contribution in [-0.4, -0.2) is 59.8 Å². The van der Waals surface area contributed by atoms with Gasteiger partial charge in [-0.2, -0.15) is 0 Å². The molecule has 1 fully saturated rings. The summed E-state index contributed by atoms with van der Waals surface area (Å²) in [6, 6.07) is 6.39. The summed E-state index contributed by atoms with van der Waals surface area (Å²) in [5.41, 5.74) is 0.880. The van der Waals surface area contributed by atoms with Crippen molar-refractivity contribution in [2.75, 3.05) is 25.0 Å². The highest BCUT2D eigenvalue weighted by atomic mass is 16.5. The summed E-state index contributed by atoms with van der Waals surface area (Å²) in [5.74, 6) is -1.28. The molecule has 1 aromatic carbocycles. The van der Waals surface area contributed by atoms with Crippen molar-refractivity contribution in [2.24, 2.45) is 0 Å². The molecule has 1 aromatic rings. The summed E-state index contributed by atoms with van der Waals surface area (Å²) < 4.78 is 4.94. The van der Waals surface area contributed by atoms with Crippen LogP contribution < -0.4 is 10.6 Å². The van der Waals surface area contributed by atoms with E-state index in [0.29, 0.717) is 17.8 Å². The summed E-state index contributed by atoms with van der Waals surface area (Å²) in [6.45, 7) is 4.62. The molecule has 8 heteroatoms. The molecule has 1 aliphatic carbocycles. The van der Waals surface area contributed by atoms with Gasteiger partial charge in [-0.05, 0) is 44.5 Å². The molecule has 0 radical (unpaired) electrons. The number of carboxylic acids is 1. The smallest absolute Gasteiger partial charge is 0.338 e. The minimum Gasteiger partial charge on any atom is -0.480 e. The molecule has 1 saturated carbocycles. The van der Waals surface area contributed by atoms with Crippen LogP contribution in [0.1, 0.15) is 37.0 Å². The molecule has 0 aromatic heterocycles. The first-order chi connectivity index (χ1) is 12.4. The molecule has 0 aliphatic heterocycles. The van der Waals surface area contributed by atoms with Gasteiger partial charge >= 0.3 is 18.0 Å². The molecular weight excluding hydrogens is 338 g/mol. The number of hydrogen-bond donors (Lipinski definition) is 3. The van der Waals surface area contributed by atoms with Crippen molar-refractivity contribution in [1.29, 1.82) is 0 Å². The molecule has 2 rings (SSSR count). The van der Waals surface area contributed by atoms with Gasteiger partial charge in [0.2, 0.25) is 0 Å². The highest BCUT2D eigenvalue weighted by Crippen LogP contribution is 2.25. The largest absolute Gasteiger partial charge is 0.480 e. The van der Waals surface area contributed by atoms with Gasteiger partial charge in [-0.15, -0.1) is 0 Å². The van der Waals surface area contributed by atoms with Crippen LogP contribution in [0.3, 0.4) is 0 Å². The number of urea groups is 1. The number of nitrogens with one attached hydrogen (secondary N) is 2. The molecule has 26 heavy (non-hydrogen) atoms.